The molecule has 2 aromatic heterocycles. The Morgan fingerprint density at radius 1 is 1.31 bits per heavy atom. The van der Waals surface area contributed by atoms with Crippen LogP contribution >= 0.6 is 0 Å². The zero-order chi connectivity index (χ0) is 20.4. The average molecular weight is 418 g/mol. The van der Waals surface area contributed by atoms with Crippen molar-refractivity contribution < 1.29 is 13.2 Å². The summed E-state index contributed by atoms with van der Waals surface area (Å²) >= 11 is 0. The van der Waals surface area contributed by atoms with Gasteiger partial charge in [-0.15, -0.1) is 0 Å². The maximum atomic E-state index is 12.3. The number of sulfonamides is 1. The summed E-state index contributed by atoms with van der Waals surface area (Å²) in [7, 11) is -3.14. The molecule has 1 saturated heterocycles. The fourth-order valence-corrected chi connectivity index (χ4v) is 5.16. The number of aromatic amines is 1. The molecule has 0 aromatic carbocycles. The number of pyridine rings is 1. The van der Waals surface area contributed by atoms with E-state index in [4.69, 9.17) is 10.1 Å². The summed E-state index contributed by atoms with van der Waals surface area (Å²) in [6.07, 6.45) is 7.52. The number of fused-ring (bicyclic) bond motifs is 1. The summed E-state index contributed by atoms with van der Waals surface area (Å²) in [4.78, 5) is 27.2. The van der Waals surface area contributed by atoms with Gasteiger partial charge in [0.15, 0.2) is 6.10 Å². The first-order valence-electron chi connectivity index (χ1n) is 9.51. The molecule has 2 N–H and O–H groups in total. The molecular formula is C18H22N6O4S. The summed E-state index contributed by atoms with van der Waals surface area (Å²) in [5, 5.41) is 7.76. The fourth-order valence-electron chi connectivity index (χ4n) is 3.29. The first kappa shape index (κ1) is 19.6. The average Bonchev–Trinajstić information content (AvgIpc) is 3.57. The first-order chi connectivity index (χ1) is 14.0. The highest BCUT2D eigenvalue weighted by atomic mass is 32.2. The second-order valence-electron chi connectivity index (χ2n) is 7.19. The highest BCUT2D eigenvalue weighted by Gasteiger charge is 2.41. The highest BCUT2D eigenvalue weighted by Crippen LogP contribution is 2.32. The van der Waals surface area contributed by atoms with Crippen LogP contribution in [0.4, 0.5) is 0 Å². The molecule has 2 aliphatic rings. The van der Waals surface area contributed by atoms with Gasteiger partial charge in [0.2, 0.25) is 10.0 Å². The van der Waals surface area contributed by atoms with Crippen LogP contribution in [0.1, 0.15) is 25.7 Å². The molecule has 29 heavy (non-hydrogen) atoms. The molecule has 0 amide bonds. The monoisotopic (exact) mass is 418 g/mol. The molecule has 1 atom stereocenters. The largest absolute Gasteiger partial charge is 0.450 e. The number of ether oxygens (including phenoxy) is 1. The predicted octanol–water partition coefficient (Wildman–Crippen LogP) is 0.742. The van der Waals surface area contributed by atoms with Crippen molar-refractivity contribution in [3.8, 4) is 6.01 Å². The van der Waals surface area contributed by atoms with Crippen LogP contribution in [0.5, 0.6) is 6.01 Å². The van der Waals surface area contributed by atoms with Crippen LogP contribution in [0, 0.1) is 5.41 Å². The van der Waals surface area contributed by atoms with Gasteiger partial charge in [-0.3, -0.25) is 19.8 Å². The smallest absolute Gasteiger partial charge is 0.298 e. The molecule has 2 fully saturated rings. The van der Waals surface area contributed by atoms with Crippen LogP contribution in [0.15, 0.2) is 28.2 Å². The topological polar surface area (TPSA) is 141 Å². The van der Waals surface area contributed by atoms with Gasteiger partial charge in [-0.2, -0.15) is 4.98 Å². The minimum atomic E-state index is -3.14. The van der Waals surface area contributed by atoms with E-state index in [2.05, 4.69) is 19.9 Å². The van der Waals surface area contributed by atoms with Crippen LogP contribution in [0.3, 0.4) is 0 Å². The quantitative estimate of drug-likeness (QED) is 0.635. The van der Waals surface area contributed by atoms with Crippen molar-refractivity contribution in [2.24, 2.45) is 4.99 Å². The van der Waals surface area contributed by atoms with Crippen molar-refractivity contribution in [1.29, 1.82) is 5.41 Å². The number of rotatable bonds is 7. The zero-order valence-electron chi connectivity index (χ0n) is 15.7. The van der Waals surface area contributed by atoms with E-state index < -0.39 is 16.1 Å². The Kier molecular flexibility index (Phi) is 5.41. The van der Waals surface area contributed by atoms with Crippen LogP contribution in [-0.2, 0) is 10.0 Å². The number of nitrogens with one attached hydrogen (secondary N) is 2. The van der Waals surface area contributed by atoms with Crippen molar-refractivity contribution in [3.63, 3.8) is 0 Å². The van der Waals surface area contributed by atoms with Crippen molar-refractivity contribution in [2.45, 2.75) is 43.1 Å². The third kappa shape index (κ3) is 4.35. The minimum absolute atomic E-state index is 0.0132. The van der Waals surface area contributed by atoms with E-state index in [0.29, 0.717) is 36.8 Å². The normalized spacial score (nSPS) is 20.1. The summed E-state index contributed by atoms with van der Waals surface area (Å²) in [5.41, 5.74) is 0.0495. The van der Waals surface area contributed by atoms with Gasteiger partial charge in [-0.25, -0.2) is 12.7 Å². The maximum Gasteiger partial charge on any atom is 0.298 e. The lowest BCUT2D eigenvalue weighted by atomic mass is 10.1. The molecule has 1 aliphatic heterocycles. The lowest BCUT2D eigenvalue weighted by molar-refractivity contribution is 0.303. The number of piperidine rings is 1. The standard InChI is InChI=1S/C18H22N6O4S/c19-9-13(28-18-22-16-11-20-6-3-15(16)17(25)23-18)10-21-12-4-7-24(8-5-12)29(26,27)14-1-2-14/h3,6,9-14,19H,1-2,4-5,7-8H2,(H,22,23,25). The maximum absolute atomic E-state index is 12.3. The summed E-state index contributed by atoms with van der Waals surface area (Å²) in [5.74, 6) is 0. The first-order valence-corrected chi connectivity index (χ1v) is 11.0. The molecule has 0 spiro atoms. The molecular weight excluding hydrogens is 396 g/mol. The Bertz CT molecular complexity index is 1090. The Morgan fingerprint density at radius 2 is 2.07 bits per heavy atom. The number of hydrogen-bond acceptors (Lipinski definition) is 8. The van der Waals surface area contributed by atoms with Crippen molar-refractivity contribution in [3.05, 3.63) is 28.8 Å². The molecule has 1 aliphatic carbocycles. The third-order valence-corrected chi connectivity index (χ3v) is 7.47. The molecule has 1 saturated carbocycles. The van der Waals surface area contributed by atoms with Gasteiger partial charge in [-0.1, -0.05) is 0 Å². The fraction of sp³-hybridized carbons (Fsp3) is 0.500. The molecule has 10 nitrogen and oxygen atoms in total. The minimum Gasteiger partial charge on any atom is -0.450 e. The van der Waals surface area contributed by atoms with Crippen LogP contribution < -0.4 is 10.3 Å². The number of aromatic nitrogens is 3. The summed E-state index contributed by atoms with van der Waals surface area (Å²) < 4.78 is 31.7. The Labute approximate surface area is 167 Å². The van der Waals surface area contributed by atoms with Crippen LogP contribution in [-0.4, -0.2) is 70.6 Å². The van der Waals surface area contributed by atoms with Gasteiger partial charge in [0.25, 0.3) is 11.6 Å². The van der Waals surface area contributed by atoms with E-state index in [9.17, 15) is 13.2 Å². The van der Waals surface area contributed by atoms with Crippen LogP contribution in [0.25, 0.3) is 10.9 Å². The van der Waals surface area contributed by atoms with Gasteiger partial charge in [-0.05, 0) is 31.7 Å². The van der Waals surface area contributed by atoms with E-state index >= 15 is 0 Å². The number of aliphatic imine (C=N–C) groups is 1. The highest BCUT2D eigenvalue weighted by molar-refractivity contribution is 7.90. The van der Waals surface area contributed by atoms with Crippen molar-refractivity contribution >= 4 is 33.4 Å². The zero-order valence-corrected chi connectivity index (χ0v) is 16.5. The van der Waals surface area contributed by atoms with E-state index in [-0.39, 0.29) is 22.9 Å². The SMILES string of the molecule is N=CC(C=NC1CCN(S(=O)(=O)C2CC2)CC1)Oc1nc2cnccc2c(=O)[nH]1. The van der Waals surface area contributed by atoms with Crippen LogP contribution in [0.2, 0.25) is 0 Å². The molecule has 2 aromatic rings. The predicted molar refractivity (Wildman–Crippen MR) is 108 cm³/mol. The van der Waals surface area contributed by atoms with Crippen molar-refractivity contribution in [1.82, 2.24) is 19.3 Å². The third-order valence-electron chi connectivity index (χ3n) is 5.07. The van der Waals surface area contributed by atoms with Gasteiger partial charge in [0, 0.05) is 31.7 Å². The number of hydrogen-bond donors (Lipinski definition) is 2. The Balaban J connectivity index is 1.38. The lowest BCUT2D eigenvalue weighted by Crippen LogP contribution is -2.41. The molecule has 1 unspecified atom stereocenters. The molecule has 11 heteroatoms. The molecule has 0 radical (unpaired) electrons. The lowest BCUT2D eigenvalue weighted by Gasteiger charge is -2.29. The van der Waals surface area contributed by atoms with Crippen molar-refractivity contribution in [2.75, 3.05) is 13.1 Å². The van der Waals surface area contributed by atoms with E-state index in [1.807, 2.05) is 0 Å². The Hall–Kier alpha value is -2.66. The molecule has 154 valence electrons. The molecule has 4 rings (SSSR count). The Morgan fingerprint density at radius 3 is 2.76 bits per heavy atom. The summed E-state index contributed by atoms with van der Waals surface area (Å²) in [6, 6.07) is 1.52. The van der Waals surface area contributed by atoms with Gasteiger partial charge < -0.3 is 10.1 Å². The van der Waals surface area contributed by atoms with Gasteiger partial charge >= 0.3 is 0 Å². The second kappa shape index (κ2) is 7.99. The van der Waals surface area contributed by atoms with E-state index in [1.54, 1.807) is 10.4 Å². The summed E-state index contributed by atoms with van der Waals surface area (Å²) in [6.45, 7) is 0.924. The number of H-pyrrole nitrogens is 1. The van der Waals surface area contributed by atoms with E-state index in [1.165, 1.54) is 18.6 Å². The van der Waals surface area contributed by atoms with Gasteiger partial charge in [0.1, 0.15) is 0 Å². The number of nitrogens with zero attached hydrogens (tertiary/aromatic N) is 4. The molecule has 3 heterocycles. The molecule has 0 bridgehead atoms. The van der Waals surface area contributed by atoms with Gasteiger partial charge in [0.05, 0.1) is 28.4 Å². The van der Waals surface area contributed by atoms with E-state index in [0.717, 1.165) is 19.1 Å². The second-order valence-corrected chi connectivity index (χ2v) is 9.40.